The lowest BCUT2D eigenvalue weighted by Gasteiger charge is -2.37. The molecule has 1 aromatic heterocycles. The SMILES string of the molecule is COc1ccc(C(OC[C@H](CO)O[C@H](CO)n2cc(C)c(=O)[nH]c2=O)(c2ccccc2)c2ccccc2)cc1. The van der Waals surface area contributed by atoms with Gasteiger partial charge in [-0.25, -0.2) is 4.79 Å². The molecule has 204 valence electrons. The van der Waals surface area contributed by atoms with Gasteiger partial charge in [-0.1, -0.05) is 72.8 Å². The molecule has 9 nitrogen and oxygen atoms in total. The van der Waals surface area contributed by atoms with Gasteiger partial charge >= 0.3 is 5.69 Å². The topological polar surface area (TPSA) is 123 Å². The Bertz CT molecular complexity index is 1410. The van der Waals surface area contributed by atoms with Crippen LogP contribution in [0.5, 0.6) is 5.75 Å². The largest absolute Gasteiger partial charge is 0.497 e. The van der Waals surface area contributed by atoms with E-state index in [9.17, 15) is 19.8 Å². The minimum atomic E-state index is -1.15. The van der Waals surface area contributed by atoms with Crippen molar-refractivity contribution in [3.05, 3.63) is 134 Å². The number of methoxy groups -OCH3 is 1. The van der Waals surface area contributed by atoms with Crippen LogP contribution in [0, 0.1) is 6.92 Å². The van der Waals surface area contributed by atoms with Crippen LogP contribution in [0.25, 0.3) is 0 Å². The summed E-state index contributed by atoms with van der Waals surface area (Å²) in [6, 6.07) is 26.9. The van der Waals surface area contributed by atoms with Gasteiger partial charge in [0.25, 0.3) is 5.56 Å². The minimum absolute atomic E-state index is 0.0973. The molecule has 0 aliphatic rings. The predicted octanol–water partition coefficient (Wildman–Crippen LogP) is 2.73. The molecule has 4 aromatic rings. The van der Waals surface area contributed by atoms with Gasteiger partial charge in [-0.15, -0.1) is 0 Å². The third kappa shape index (κ3) is 6.02. The van der Waals surface area contributed by atoms with Gasteiger partial charge in [0.15, 0.2) is 6.23 Å². The molecule has 0 bridgehead atoms. The second kappa shape index (κ2) is 12.7. The van der Waals surface area contributed by atoms with Gasteiger partial charge in [-0.05, 0) is 35.7 Å². The zero-order chi connectivity index (χ0) is 27.8. The summed E-state index contributed by atoms with van der Waals surface area (Å²) in [5.41, 5.74) is 0.455. The van der Waals surface area contributed by atoms with E-state index in [0.717, 1.165) is 21.3 Å². The number of rotatable bonds is 12. The fourth-order valence-corrected chi connectivity index (χ4v) is 4.49. The number of nitrogens with zero attached hydrogens (tertiary/aromatic N) is 1. The standard InChI is InChI=1S/C30H32N2O7/c1-21-17-32(29(36)31-28(21)35)27(19-34)39-26(18-33)20-38-30(22-9-5-3-6-10-22,23-11-7-4-8-12-23)24-13-15-25(37-2)16-14-24/h3-17,26-27,33-34H,18-20H2,1-2H3,(H,31,35,36)/t26-,27+/m0/s1. The highest BCUT2D eigenvalue weighted by atomic mass is 16.6. The van der Waals surface area contributed by atoms with E-state index in [2.05, 4.69) is 4.98 Å². The Morgan fingerprint density at radius 3 is 1.92 bits per heavy atom. The molecule has 3 N–H and O–H groups in total. The van der Waals surface area contributed by atoms with Crippen LogP contribution in [0.4, 0.5) is 0 Å². The van der Waals surface area contributed by atoms with Gasteiger partial charge in [0.05, 0.1) is 26.9 Å². The molecule has 0 saturated carbocycles. The van der Waals surface area contributed by atoms with Crippen molar-refractivity contribution in [2.75, 3.05) is 26.9 Å². The van der Waals surface area contributed by atoms with Crippen LogP contribution in [0.15, 0.2) is 101 Å². The molecule has 0 saturated heterocycles. The number of aromatic nitrogens is 2. The summed E-state index contributed by atoms with van der Waals surface area (Å²) in [7, 11) is 1.60. The fourth-order valence-electron chi connectivity index (χ4n) is 4.49. The average molecular weight is 533 g/mol. The number of benzene rings is 3. The second-order valence-corrected chi connectivity index (χ2v) is 9.01. The monoisotopic (exact) mass is 532 g/mol. The van der Waals surface area contributed by atoms with Crippen LogP contribution in [-0.4, -0.2) is 52.8 Å². The highest BCUT2D eigenvalue weighted by molar-refractivity contribution is 5.48. The van der Waals surface area contributed by atoms with Gasteiger partial charge in [0.1, 0.15) is 17.5 Å². The molecule has 0 amide bonds. The Balaban J connectivity index is 1.73. The molecule has 0 fully saturated rings. The Kier molecular flexibility index (Phi) is 9.11. The molecule has 1 heterocycles. The van der Waals surface area contributed by atoms with E-state index in [0.29, 0.717) is 5.75 Å². The predicted molar refractivity (Wildman–Crippen MR) is 146 cm³/mol. The smallest absolute Gasteiger partial charge is 0.330 e. The van der Waals surface area contributed by atoms with Crippen LogP contribution < -0.4 is 16.0 Å². The van der Waals surface area contributed by atoms with Crippen molar-refractivity contribution in [3.63, 3.8) is 0 Å². The van der Waals surface area contributed by atoms with Crippen LogP contribution in [0.2, 0.25) is 0 Å². The first-order valence-electron chi connectivity index (χ1n) is 12.5. The number of aliphatic hydroxyl groups excluding tert-OH is 2. The van der Waals surface area contributed by atoms with Gasteiger partial charge in [0.2, 0.25) is 0 Å². The third-order valence-electron chi connectivity index (χ3n) is 6.51. The summed E-state index contributed by atoms with van der Waals surface area (Å²) in [6.07, 6.45) is -0.767. The van der Waals surface area contributed by atoms with Crippen LogP contribution in [-0.2, 0) is 15.1 Å². The third-order valence-corrected chi connectivity index (χ3v) is 6.51. The van der Waals surface area contributed by atoms with E-state index < -0.39 is 42.4 Å². The summed E-state index contributed by atoms with van der Waals surface area (Å²) >= 11 is 0. The Morgan fingerprint density at radius 1 is 0.846 bits per heavy atom. The fraction of sp³-hybridized carbons (Fsp3) is 0.267. The number of ether oxygens (including phenoxy) is 3. The molecule has 4 rings (SSSR count). The zero-order valence-electron chi connectivity index (χ0n) is 21.8. The molecule has 9 heteroatoms. The van der Waals surface area contributed by atoms with Gasteiger partial charge in [-0.2, -0.15) is 0 Å². The van der Waals surface area contributed by atoms with E-state index in [-0.39, 0.29) is 12.2 Å². The molecule has 0 unspecified atom stereocenters. The first-order valence-corrected chi connectivity index (χ1v) is 12.5. The maximum atomic E-state index is 12.4. The second-order valence-electron chi connectivity index (χ2n) is 9.01. The number of hydrogen-bond donors (Lipinski definition) is 3. The lowest BCUT2D eigenvalue weighted by Crippen LogP contribution is -2.40. The van der Waals surface area contributed by atoms with Gasteiger partial charge in [0, 0.05) is 11.8 Å². The molecule has 0 radical (unpaired) electrons. The summed E-state index contributed by atoms with van der Waals surface area (Å²) in [4.78, 5) is 26.4. The van der Waals surface area contributed by atoms with Crippen molar-refractivity contribution in [1.82, 2.24) is 9.55 Å². The highest BCUT2D eigenvalue weighted by Crippen LogP contribution is 2.41. The van der Waals surface area contributed by atoms with Crippen LogP contribution >= 0.6 is 0 Å². The van der Waals surface area contributed by atoms with Crippen molar-refractivity contribution in [2.24, 2.45) is 0 Å². The normalized spacial score (nSPS) is 13.1. The maximum Gasteiger partial charge on any atom is 0.330 e. The molecule has 0 aliphatic heterocycles. The van der Waals surface area contributed by atoms with E-state index in [1.165, 1.54) is 6.20 Å². The molecule has 2 atom stereocenters. The summed E-state index contributed by atoms with van der Waals surface area (Å²) in [5, 5.41) is 20.2. The zero-order valence-corrected chi connectivity index (χ0v) is 21.8. The van der Waals surface area contributed by atoms with E-state index >= 15 is 0 Å². The lowest BCUT2D eigenvalue weighted by molar-refractivity contribution is -0.139. The number of nitrogens with one attached hydrogen (secondary N) is 1. The van der Waals surface area contributed by atoms with Crippen molar-refractivity contribution in [3.8, 4) is 5.75 Å². The molecular weight excluding hydrogens is 500 g/mol. The summed E-state index contributed by atoms with van der Waals surface area (Å²) in [6.45, 7) is 0.428. The van der Waals surface area contributed by atoms with Crippen molar-refractivity contribution < 1.29 is 24.4 Å². The number of aryl methyl sites for hydroxylation is 1. The molecule has 39 heavy (non-hydrogen) atoms. The molecular formula is C30H32N2O7. The van der Waals surface area contributed by atoms with E-state index in [1.807, 2.05) is 84.9 Å². The van der Waals surface area contributed by atoms with Gasteiger partial charge in [-0.3, -0.25) is 14.3 Å². The van der Waals surface area contributed by atoms with Crippen molar-refractivity contribution >= 4 is 0 Å². The molecule has 0 spiro atoms. The maximum absolute atomic E-state index is 12.4. The number of aromatic amines is 1. The van der Waals surface area contributed by atoms with Crippen molar-refractivity contribution in [2.45, 2.75) is 24.9 Å². The quantitative estimate of drug-likeness (QED) is 0.240. The van der Waals surface area contributed by atoms with Crippen LogP contribution in [0.1, 0.15) is 28.5 Å². The van der Waals surface area contributed by atoms with Crippen molar-refractivity contribution in [1.29, 1.82) is 0 Å². The average Bonchev–Trinajstić information content (AvgIpc) is 2.98. The summed E-state index contributed by atoms with van der Waals surface area (Å²) < 4.78 is 19.1. The molecule has 3 aromatic carbocycles. The van der Waals surface area contributed by atoms with E-state index in [1.54, 1.807) is 14.0 Å². The Hall–Kier alpha value is -4.02. The van der Waals surface area contributed by atoms with E-state index in [4.69, 9.17) is 14.2 Å². The highest BCUT2D eigenvalue weighted by Gasteiger charge is 2.38. The first-order chi connectivity index (χ1) is 18.9. The van der Waals surface area contributed by atoms with Gasteiger partial charge < -0.3 is 24.4 Å². The first kappa shape index (κ1) is 28.0. The Morgan fingerprint density at radius 2 is 1.41 bits per heavy atom. The minimum Gasteiger partial charge on any atom is -0.497 e. The number of hydrogen-bond acceptors (Lipinski definition) is 7. The summed E-state index contributed by atoms with van der Waals surface area (Å²) in [5.74, 6) is 0.692. The number of H-pyrrole nitrogens is 1. The lowest BCUT2D eigenvalue weighted by atomic mass is 9.80. The molecule has 0 aliphatic carbocycles. The number of aliphatic hydroxyl groups is 2. The Labute approximate surface area is 225 Å². The van der Waals surface area contributed by atoms with Crippen LogP contribution in [0.3, 0.4) is 0 Å².